The van der Waals surface area contributed by atoms with E-state index >= 15 is 0 Å². The van der Waals surface area contributed by atoms with Crippen molar-refractivity contribution in [2.24, 2.45) is 0 Å². The first kappa shape index (κ1) is 20.8. The molecule has 0 aliphatic carbocycles. The average Bonchev–Trinajstić information content (AvgIpc) is 2.66. The molecule has 0 bridgehead atoms. The number of nitrogen functional groups attached to an aromatic ring is 1. The Bertz CT molecular complexity index is 1050. The van der Waals surface area contributed by atoms with Gasteiger partial charge < -0.3 is 10.6 Å². The number of hydrogen-bond donors (Lipinski definition) is 1. The largest absolute Gasteiger partial charge is 0.501 e. The van der Waals surface area contributed by atoms with Gasteiger partial charge in [0.05, 0.1) is 15.5 Å². The van der Waals surface area contributed by atoms with Crippen LogP contribution in [0.25, 0.3) is 0 Å². The normalized spacial score (nSPS) is 17.9. The first-order valence-electron chi connectivity index (χ1n) is 8.44. The van der Waals surface area contributed by atoms with Crippen LogP contribution in [0.1, 0.15) is 24.5 Å². The first-order valence-corrected chi connectivity index (χ1v) is 9.92. The van der Waals surface area contributed by atoms with Crippen LogP contribution < -0.4 is 10.6 Å². The number of alkyl halides is 3. The monoisotopic (exact) mass is 431 g/mol. The lowest BCUT2D eigenvalue weighted by molar-refractivity contribution is -0.384. The molecule has 2 heterocycles. The van der Waals surface area contributed by atoms with E-state index in [0.717, 1.165) is 18.6 Å². The molecule has 1 unspecified atom stereocenters. The number of halogens is 3. The average molecular weight is 431 g/mol. The van der Waals surface area contributed by atoms with Crippen LogP contribution in [-0.4, -0.2) is 41.9 Å². The zero-order valence-corrected chi connectivity index (χ0v) is 15.7. The van der Waals surface area contributed by atoms with Crippen LogP contribution in [0.3, 0.4) is 0 Å². The fourth-order valence-corrected chi connectivity index (χ4v) is 4.05. The van der Waals surface area contributed by atoms with Gasteiger partial charge in [-0.1, -0.05) is 0 Å². The molecule has 1 saturated heterocycles. The maximum absolute atomic E-state index is 12.8. The van der Waals surface area contributed by atoms with Gasteiger partial charge in [0, 0.05) is 31.3 Å². The number of nitro groups is 1. The fourth-order valence-electron chi connectivity index (χ4n) is 3.27. The van der Waals surface area contributed by atoms with Crippen LogP contribution in [0, 0.1) is 10.1 Å². The lowest BCUT2D eigenvalue weighted by Crippen LogP contribution is -2.35. The van der Waals surface area contributed by atoms with E-state index in [2.05, 4.69) is 9.97 Å². The second-order valence-corrected chi connectivity index (χ2v) is 8.42. The van der Waals surface area contributed by atoms with Crippen LogP contribution in [0.2, 0.25) is 0 Å². The van der Waals surface area contributed by atoms with Crippen LogP contribution >= 0.6 is 0 Å². The summed E-state index contributed by atoms with van der Waals surface area (Å²) in [6, 6.07) is 3.90. The number of sulfone groups is 1. The quantitative estimate of drug-likeness (QED) is 0.577. The zero-order valence-electron chi connectivity index (χ0n) is 14.8. The predicted molar refractivity (Wildman–Crippen MR) is 97.0 cm³/mol. The molecule has 2 aromatic rings. The third-order valence-electron chi connectivity index (χ3n) is 4.63. The standard InChI is InChI=1S/C16H16F3N5O4S/c17-16(18,19)29(27,28)11-3-4-13(14(8-11)24(25)26)23-7-1-2-10(9-23)12-5-6-21-15(20)22-12/h3-6,8,10H,1-2,7,9H2,(H2,20,21,22). The topological polar surface area (TPSA) is 132 Å². The number of hydrogen-bond acceptors (Lipinski definition) is 8. The number of nitrogens with zero attached hydrogens (tertiary/aromatic N) is 4. The van der Waals surface area contributed by atoms with E-state index in [1.54, 1.807) is 11.0 Å². The van der Waals surface area contributed by atoms with Crippen molar-refractivity contribution in [2.45, 2.75) is 29.2 Å². The van der Waals surface area contributed by atoms with E-state index in [0.29, 0.717) is 31.3 Å². The van der Waals surface area contributed by atoms with E-state index in [1.165, 1.54) is 6.20 Å². The molecule has 1 aromatic heterocycles. The molecule has 13 heteroatoms. The van der Waals surface area contributed by atoms with Gasteiger partial charge in [-0.3, -0.25) is 10.1 Å². The zero-order chi connectivity index (χ0) is 21.4. The molecular weight excluding hydrogens is 415 g/mol. The molecule has 0 amide bonds. The Balaban J connectivity index is 1.97. The Morgan fingerprint density at radius 3 is 2.62 bits per heavy atom. The summed E-state index contributed by atoms with van der Waals surface area (Å²) in [5.74, 6) is -0.0282. The van der Waals surface area contributed by atoms with Gasteiger partial charge in [0.2, 0.25) is 5.95 Å². The highest BCUT2D eigenvalue weighted by molar-refractivity contribution is 7.92. The molecule has 9 nitrogen and oxygen atoms in total. The van der Waals surface area contributed by atoms with Gasteiger partial charge in [0.25, 0.3) is 15.5 Å². The Hall–Kier alpha value is -2.96. The van der Waals surface area contributed by atoms with Crippen molar-refractivity contribution < 1.29 is 26.5 Å². The Morgan fingerprint density at radius 2 is 2.00 bits per heavy atom. The molecule has 1 fully saturated rings. The number of nitro benzene ring substituents is 1. The summed E-state index contributed by atoms with van der Waals surface area (Å²) in [4.78, 5) is 19.0. The molecule has 29 heavy (non-hydrogen) atoms. The van der Waals surface area contributed by atoms with E-state index in [1.807, 2.05) is 0 Å². The van der Waals surface area contributed by atoms with Gasteiger partial charge in [0.15, 0.2) is 0 Å². The molecule has 0 radical (unpaired) electrons. The number of benzene rings is 1. The van der Waals surface area contributed by atoms with Crippen molar-refractivity contribution in [1.29, 1.82) is 0 Å². The number of piperidine rings is 1. The lowest BCUT2D eigenvalue weighted by atomic mass is 9.94. The summed E-state index contributed by atoms with van der Waals surface area (Å²) in [6.07, 6.45) is 2.88. The Labute approximate surface area is 163 Å². The highest BCUT2D eigenvalue weighted by Gasteiger charge is 2.47. The molecule has 3 rings (SSSR count). The van der Waals surface area contributed by atoms with Crippen molar-refractivity contribution in [3.63, 3.8) is 0 Å². The van der Waals surface area contributed by atoms with Crippen molar-refractivity contribution in [3.05, 3.63) is 46.3 Å². The highest BCUT2D eigenvalue weighted by Crippen LogP contribution is 2.38. The van der Waals surface area contributed by atoms with Crippen molar-refractivity contribution in [3.8, 4) is 0 Å². The highest BCUT2D eigenvalue weighted by atomic mass is 32.2. The lowest BCUT2D eigenvalue weighted by Gasteiger charge is -2.33. The minimum absolute atomic E-state index is 0.0443. The molecule has 0 spiro atoms. The van der Waals surface area contributed by atoms with Crippen LogP contribution in [0.15, 0.2) is 35.4 Å². The van der Waals surface area contributed by atoms with Crippen LogP contribution in [0.4, 0.5) is 30.5 Å². The van der Waals surface area contributed by atoms with Crippen molar-refractivity contribution >= 4 is 27.2 Å². The van der Waals surface area contributed by atoms with E-state index in [-0.39, 0.29) is 17.6 Å². The SMILES string of the molecule is Nc1nccc(C2CCCN(c3ccc(S(=O)(=O)C(F)(F)F)cc3[N+](=O)[O-])C2)n1. The fraction of sp³-hybridized carbons (Fsp3) is 0.375. The smallest absolute Gasteiger partial charge is 0.368 e. The first-order chi connectivity index (χ1) is 13.5. The molecule has 1 aliphatic rings. The van der Waals surface area contributed by atoms with Gasteiger partial charge in [-0.2, -0.15) is 13.2 Å². The minimum atomic E-state index is -5.69. The summed E-state index contributed by atoms with van der Waals surface area (Å²) in [5, 5.41) is 11.5. The number of anilines is 2. The maximum atomic E-state index is 12.8. The molecular formula is C16H16F3N5O4S. The number of rotatable bonds is 4. The summed E-state index contributed by atoms with van der Waals surface area (Å²) in [6.45, 7) is 0.728. The molecule has 1 atom stereocenters. The number of aromatic nitrogens is 2. The summed E-state index contributed by atoms with van der Waals surface area (Å²) >= 11 is 0. The molecule has 156 valence electrons. The summed E-state index contributed by atoms with van der Waals surface area (Å²) < 4.78 is 61.6. The maximum Gasteiger partial charge on any atom is 0.501 e. The van der Waals surface area contributed by atoms with Gasteiger partial charge in [-0.25, -0.2) is 18.4 Å². The van der Waals surface area contributed by atoms with Gasteiger partial charge >= 0.3 is 5.51 Å². The van der Waals surface area contributed by atoms with Gasteiger partial charge in [-0.05, 0) is 31.0 Å². The van der Waals surface area contributed by atoms with Gasteiger partial charge in [0.1, 0.15) is 5.69 Å². The van der Waals surface area contributed by atoms with Crippen molar-refractivity contribution in [2.75, 3.05) is 23.7 Å². The second-order valence-electron chi connectivity index (χ2n) is 6.48. The summed E-state index contributed by atoms with van der Waals surface area (Å²) in [5.41, 5.74) is 0.0315. The third-order valence-corrected chi connectivity index (χ3v) is 6.12. The second kappa shape index (κ2) is 7.46. The predicted octanol–water partition coefficient (Wildman–Crippen LogP) is 2.64. The van der Waals surface area contributed by atoms with Crippen molar-refractivity contribution in [1.82, 2.24) is 9.97 Å². The Morgan fingerprint density at radius 1 is 1.28 bits per heavy atom. The molecule has 2 N–H and O–H groups in total. The molecule has 1 aliphatic heterocycles. The van der Waals surface area contributed by atoms with E-state index < -0.39 is 30.9 Å². The van der Waals surface area contributed by atoms with E-state index in [9.17, 15) is 31.7 Å². The Kier molecular flexibility index (Phi) is 5.34. The third kappa shape index (κ3) is 4.09. The molecule has 1 aromatic carbocycles. The van der Waals surface area contributed by atoms with E-state index in [4.69, 9.17) is 5.73 Å². The minimum Gasteiger partial charge on any atom is -0.368 e. The van der Waals surface area contributed by atoms with Crippen LogP contribution in [0.5, 0.6) is 0 Å². The molecule has 0 saturated carbocycles. The summed E-state index contributed by atoms with van der Waals surface area (Å²) in [7, 11) is -5.69. The van der Waals surface area contributed by atoms with Crippen LogP contribution in [-0.2, 0) is 9.84 Å². The van der Waals surface area contributed by atoms with Gasteiger partial charge in [-0.15, -0.1) is 0 Å². The number of nitrogens with two attached hydrogens (primary N) is 1.